The van der Waals surface area contributed by atoms with Gasteiger partial charge in [0.25, 0.3) is 0 Å². The maximum atomic E-state index is 13.0. The lowest BCUT2D eigenvalue weighted by Crippen LogP contribution is -2.41. The van der Waals surface area contributed by atoms with Gasteiger partial charge < -0.3 is 4.74 Å². The Morgan fingerprint density at radius 1 is 1.30 bits per heavy atom. The van der Waals surface area contributed by atoms with Crippen LogP contribution in [0.3, 0.4) is 0 Å². The lowest BCUT2D eigenvalue weighted by molar-refractivity contribution is -0.158. The van der Waals surface area contributed by atoms with E-state index in [1.54, 1.807) is 20.8 Å². The normalized spacial score (nSPS) is 27.7. The van der Waals surface area contributed by atoms with E-state index in [9.17, 15) is 26.8 Å². The quantitative estimate of drug-likeness (QED) is 0.733. The Labute approximate surface area is 134 Å². The predicted octanol–water partition coefficient (Wildman–Crippen LogP) is 1.60. The van der Waals surface area contributed by atoms with Gasteiger partial charge in [-0.05, 0) is 40.0 Å². The van der Waals surface area contributed by atoms with Gasteiger partial charge in [0.2, 0.25) is 22.4 Å². The number of hydrogen-bond acceptors (Lipinski definition) is 5. The average molecular weight is 353 g/mol. The summed E-state index contributed by atoms with van der Waals surface area (Å²) in [4.78, 5) is 24.2. The van der Waals surface area contributed by atoms with E-state index in [-0.39, 0.29) is 6.42 Å². The van der Waals surface area contributed by atoms with Crippen molar-refractivity contribution in [2.24, 2.45) is 11.3 Å². The number of alkyl halides is 2. The van der Waals surface area contributed by atoms with Crippen molar-refractivity contribution in [3.8, 4) is 0 Å². The van der Waals surface area contributed by atoms with Gasteiger partial charge in [0, 0.05) is 5.92 Å². The Hall–Kier alpha value is -1.25. The highest BCUT2D eigenvalue weighted by atomic mass is 32.2. The van der Waals surface area contributed by atoms with Crippen LogP contribution in [0.1, 0.15) is 46.5 Å². The Bertz CT molecular complexity index is 609. The first-order valence-electron chi connectivity index (χ1n) is 7.43. The highest BCUT2D eigenvalue weighted by molar-refractivity contribution is 7.90. The van der Waals surface area contributed by atoms with Gasteiger partial charge >= 0.3 is 5.97 Å². The molecule has 6 nitrogen and oxygen atoms in total. The van der Waals surface area contributed by atoms with Gasteiger partial charge in [0.15, 0.2) is 0 Å². The largest absolute Gasteiger partial charge is 0.460 e. The molecule has 0 heterocycles. The van der Waals surface area contributed by atoms with Crippen LogP contribution in [0.5, 0.6) is 0 Å². The van der Waals surface area contributed by atoms with Gasteiger partial charge in [-0.25, -0.2) is 17.2 Å². The molecular formula is C14H21F2NO5S. The van der Waals surface area contributed by atoms with Crippen molar-refractivity contribution in [2.45, 2.75) is 63.7 Å². The zero-order valence-corrected chi connectivity index (χ0v) is 14.1. The molecule has 2 aliphatic carbocycles. The molecule has 0 aliphatic heterocycles. The summed E-state index contributed by atoms with van der Waals surface area (Å²) < 4.78 is 56.6. The van der Waals surface area contributed by atoms with Crippen LogP contribution >= 0.6 is 0 Å². The van der Waals surface area contributed by atoms with E-state index in [0.29, 0.717) is 12.8 Å². The molecule has 9 heteroatoms. The molecule has 0 radical (unpaired) electrons. The van der Waals surface area contributed by atoms with Gasteiger partial charge in [-0.1, -0.05) is 0 Å². The molecule has 2 aliphatic rings. The smallest absolute Gasteiger partial charge is 0.307 e. The Morgan fingerprint density at radius 2 is 1.87 bits per heavy atom. The van der Waals surface area contributed by atoms with Crippen molar-refractivity contribution in [1.29, 1.82) is 0 Å². The van der Waals surface area contributed by atoms with Crippen LogP contribution in [-0.2, 0) is 24.3 Å². The van der Waals surface area contributed by atoms with E-state index in [1.807, 2.05) is 4.72 Å². The fourth-order valence-corrected chi connectivity index (χ4v) is 3.92. The minimum atomic E-state index is -3.85. The number of sulfonamides is 1. The molecule has 2 atom stereocenters. The van der Waals surface area contributed by atoms with Crippen LogP contribution in [0.15, 0.2) is 0 Å². The van der Waals surface area contributed by atoms with Gasteiger partial charge in [-0.3, -0.25) is 14.3 Å². The predicted molar refractivity (Wildman–Crippen MR) is 77.1 cm³/mol. The van der Waals surface area contributed by atoms with E-state index in [0.717, 1.165) is 0 Å². The topological polar surface area (TPSA) is 89.5 Å². The van der Waals surface area contributed by atoms with Crippen molar-refractivity contribution < 1.29 is 31.5 Å². The summed E-state index contributed by atoms with van der Waals surface area (Å²) in [5.74, 6) is -3.15. The number of carbonyl (C=O) groups is 2. The molecule has 0 unspecified atom stereocenters. The second kappa shape index (κ2) is 5.68. The fourth-order valence-electron chi connectivity index (χ4n) is 2.54. The molecule has 2 rings (SSSR count). The number of esters is 1. The second-order valence-corrected chi connectivity index (χ2v) is 9.20. The highest BCUT2D eigenvalue weighted by Gasteiger charge is 2.65. The van der Waals surface area contributed by atoms with Crippen LogP contribution in [0, 0.1) is 11.3 Å². The lowest BCUT2D eigenvalue weighted by Gasteiger charge is -2.22. The van der Waals surface area contributed by atoms with E-state index in [1.165, 1.54) is 0 Å². The molecule has 1 N–H and O–H groups in total. The molecule has 2 fully saturated rings. The molecule has 23 heavy (non-hydrogen) atoms. The summed E-state index contributed by atoms with van der Waals surface area (Å²) >= 11 is 0. The summed E-state index contributed by atoms with van der Waals surface area (Å²) in [7, 11) is -3.85. The fraction of sp³-hybridized carbons (Fsp3) is 0.857. The third kappa shape index (κ3) is 4.19. The van der Waals surface area contributed by atoms with Gasteiger partial charge in [0.05, 0.1) is 17.1 Å². The SMILES string of the molecule is CC(C)(C)OC(=O)C[C@]1(C(=O)NS(=O)(=O)C2CC2)C[C@H]1C(F)F. The second-order valence-electron chi connectivity index (χ2n) is 7.24. The Morgan fingerprint density at radius 3 is 2.26 bits per heavy atom. The summed E-state index contributed by atoms with van der Waals surface area (Å²) in [5, 5.41) is -0.645. The summed E-state index contributed by atoms with van der Waals surface area (Å²) in [6, 6.07) is 0. The minimum Gasteiger partial charge on any atom is -0.460 e. The molecule has 0 bridgehead atoms. The van der Waals surface area contributed by atoms with E-state index in [4.69, 9.17) is 4.74 Å². The minimum absolute atomic E-state index is 0.226. The number of carbonyl (C=O) groups excluding carboxylic acids is 2. The molecule has 0 aromatic heterocycles. The Balaban J connectivity index is 2.10. The molecule has 0 spiro atoms. The van der Waals surface area contributed by atoms with E-state index in [2.05, 4.69) is 0 Å². The molecule has 0 saturated heterocycles. The first kappa shape index (κ1) is 18.1. The third-order valence-corrected chi connectivity index (χ3v) is 5.79. The highest BCUT2D eigenvalue weighted by Crippen LogP contribution is 2.58. The monoisotopic (exact) mass is 353 g/mol. The van der Waals surface area contributed by atoms with Crippen LogP contribution in [0.25, 0.3) is 0 Å². The van der Waals surface area contributed by atoms with Crippen molar-refractivity contribution >= 4 is 21.9 Å². The van der Waals surface area contributed by atoms with Crippen LogP contribution < -0.4 is 4.72 Å². The van der Waals surface area contributed by atoms with E-state index < -0.39 is 56.9 Å². The lowest BCUT2D eigenvalue weighted by atomic mass is 9.98. The average Bonchev–Trinajstić information content (AvgIpc) is 3.20. The molecular weight excluding hydrogens is 332 g/mol. The standard InChI is InChI=1S/C14H21F2NO5S/c1-13(2,3)22-10(18)7-14(6-9(14)11(15)16)12(19)17-23(20,21)8-4-5-8/h8-9,11H,4-7H2,1-3H3,(H,17,19)/t9-,14+/m0/s1. The summed E-state index contributed by atoms with van der Waals surface area (Å²) in [6.07, 6.45) is -2.69. The van der Waals surface area contributed by atoms with Crippen LogP contribution in [0.4, 0.5) is 8.78 Å². The number of hydrogen-bond donors (Lipinski definition) is 1. The maximum Gasteiger partial charge on any atom is 0.307 e. The zero-order valence-electron chi connectivity index (χ0n) is 13.3. The number of rotatable bonds is 6. The van der Waals surface area contributed by atoms with E-state index >= 15 is 0 Å². The molecule has 2 saturated carbocycles. The number of halogens is 2. The first-order chi connectivity index (χ1) is 10.4. The summed E-state index contributed by atoms with van der Waals surface area (Å²) in [5.41, 5.74) is -2.51. The number of ether oxygens (including phenoxy) is 1. The number of amides is 1. The Kier molecular flexibility index (Phi) is 4.47. The van der Waals surface area contributed by atoms with Crippen molar-refractivity contribution in [3.63, 3.8) is 0 Å². The van der Waals surface area contributed by atoms with Gasteiger partial charge in [0.1, 0.15) is 5.60 Å². The third-order valence-electron chi connectivity index (χ3n) is 3.97. The first-order valence-corrected chi connectivity index (χ1v) is 8.98. The summed E-state index contributed by atoms with van der Waals surface area (Å²) in [6.45, 7) is 4.85. The van der Waals surface area contributed by atoms with Gasteiger partial charge in [-0.2, -0.15) is 0 Å². The number of nitrogens with one attached hydrogen (secondary N) is 1. The molecule has 1 amide bonds. The zero-order chi connectivity index (χ0) is 17.6. The van der Waals surface area contributed by atoms with Gasteiger partial charge in [-0.15, -0.1) is 0 Å². The molecule has 0 aromatic carbocycles. The van der Waals surface area contributed by atoms with Crippen molar-refractivity contribution in [1.82, 2.24) is 4.72 Å². The van der Waals surface area contributed by atoms with Crippen molar-refractivity contribution in [2.75, 3.05) is 0 Å². The molecule has 0 aromatic rings. The van der Waals surface area contributed by atoms with Crippen molar-refractivity contribution in [3.05, 3.63) is 0 Å². The molecule has 132 valence electrons. The van der Waals surface area contributed by atoms with Crippen LogP contribution in [0.2, 0.25) is 0 Å². The van der Waals surface area contributed by atoms with Crippen LogP contribution in [-0.4, -0.2) is 37.6 Å². The maximum absolute atomic E-state index is 13.0.